The van der Waals surface area contributed by atoms with Crippen molar-refractivity contribution in [2.24, 2.45) is 7.05 Å². The summed E-state index contributed by atoms with van der Waals surface area (Å²) in [6.45, 7) is 2.20. The van der Waals surface area contributed by atoms with Crippen molar-refractivity contribution in [3.05, 3.63) is 52.8 Å². The van der Waals surface area contributed by atoms with E-state index >= 15 is 0 Å². The van der Waals surface area contributed by atoms with Crippen LogP contribution < -0.4 is 0 Å². The predicted octanol–water partition coefficient (Wildman–Crippen LogP) is 2.13. The van der Waals surface area contributed by atoms with Crippen LogP contribution in [0.15, 0.2) is 30.3 Å². The van der Waals surface area contributed by atoms with Crippen molar-refractivity contribution in [3.63, 3.8) is 0 Å². The second-order valence-electron chi connectivity index (χ2n) is 7.41. The van der Waals surface area contributed by atoms with E-state index in [0.717, 1.165) is 43.5 Å². The first-order valence-electron chi connectivity index (χ1n) is 9.54. The molecule has 0 saturated heterocycles. The second kappa shape index (κ2) is 8.67. The van der Waals surface area contributed by atoms with Crippen LogP contribution in [0.2, 0.25) is 0 Å². The van der Waals surface area contributed by atoms with Gasteiger partial charge in [0, 0.05) is 51.6 Å². The SMILES string of the molecule is COCCN(C)C1CCc2c(c(C(=O)N(C)Cc3ccccc3)nn2C)C1. The van der Waals surface area contributed by atoms with Crippen molar-refractivity contribution in [2.45, 2.75) is 31.8 Å². The molecule has 0 fully saturated rings. The minimum Gasteiger partial charge on any atom is -0.383 e. The summed E-state index contributed by atoms with van der Waals surface area (Å²) in [6, 6.07) is 10.5. The van der Waals surface area contributed by atoms with E-state index in [-0.39, 0.29) is 5.91 Å². The number of nitrogens with zero attached hydrogens (tertiary/aromatic N) is 4. The number of aromatic nitrogens is 2. The van der Waals surface area contributed by atoms with Gasteiger partial charge in [-0.15, -0.1) is 0 Å². The van der Waals surface area contributed by atoms with Gasteiger partial charge in [0.25, 0.3) is 5.91 Å². The van der Waals surface area contributed by atoms with Gasteiger partial charge in [-0.2, -0.15) is 5.10 Å². The Hall–Kier alpha value is -2.18. The molecule has 2 aromatic rings. The molecule has 0 aliphatic heterocycles. The fourth-order valence-corrected chi connectivity index (χ4v) is 3.85. The largest absolute Gasteiger partial charge is 0.383 e. The summed E-state index contributed by atoms with van der Waals surface area (Å²) in [6.07, 6.45) is 2.90. The van der Waals surface area contributed by atoms with E-state index in [1.165, 1.54) is 5.69 Å². The summed E-state index contributed by atoms with van der Waals surface area (Å²) in [5.41, 5.74) is 4.04. The number of ether oxygens (including phenoxy) is 1. The number of hydrogen-bond acceptors (Lipinski definition) is 4. The van der Waals surface area contributed by atoms with Crippen LogP contribution in [0.5, 0.6) is 0 Å². The third-order valence-electron chi connectivity index (χ3n) is 5.51. The van der Waals surface area contributed by atoms with Crippen LogP contribution in [0.4, 0.5) is 0 Å². The summed E-state index contributed by atoms with van der Waals surface area (Å²) < 4.78 is 7.10. The predicted molar refractivity (Wildman–Crippen MR) is 106 cm³/mol. The zero-order chi connectivity index (χ0) is 19.4. The molecule has 6 nitrogen and oxygen atoms in total. The van der Waals surface area contributed by atoms with Gasteiger partial charge >= 0.3 is 0 Å². The molecule has 0 saturated carbocycles. The molecule has 0 bridgehead atoms. The second-order valence-corrected chi connectivity index (χ2v) is 7.41. The molecule has 0 spiro atoms. The first-order valence-corrected chi connectivity index (χ1v) is 9.54. The average Bonchev–Trinajstić information content (AvgIpc) is 3.02. The molecule has 1 aliphatic carbocycles. The van der Waals surface area contributed by atoms with Crippen LogP contribution in [0.1, 0.15) is 33.7 Å². The number of hydrogen-bond donors (Lipinski definition) is 0. The Morgan fingerprint density at radius 2 is 2.04 bits per heavy atom. The molecule has 1 aromatic heterocycles. The van der Waals surface area contributed by atoms with Crippen molar-refractivity contribution >= 4 is 5.91 Å². The quantitative estimate of drug-likeness (QED) is 0.749. The van der Waals surface area contributed by atoms with Crippen LogP contribution in [0.25, 0.3) is 0 Å². The highest BCUT2D eigenvalue weighted by atomic mass is 16.5. The zero-order valence-electron chi connectivity index (χ0n) is 16.8. The first kappa shape index (κ1) is 19.6. The summed E-state index contributed by atoms with van der Waals surface area (Å²) >= 11 is 0. The van der Waals surface area contributed by atoms with Gasteiger partial charge in [0.1, 0.15) is 0 Å². The number of amides is 1. The van der Waals surface area contributed by atoms with Crippen LogP contribution in [-0.4, -0.2) is 65.9 Å². The summed E-state index contributed by atoms with van der Waals surface area (Å²) in [4.78, 5) is 17.2. The third-order valence-corrected chi connectivity index (χ3v) is 5.51. The summed E-state index contributed by atoms with van der Waals surface area (Å²) in [5.74, 6) is -0.00380. The molecular formula is C21H30N4O2. The lowest BCUT2D eigenvalue weighted by atomic mass is 9.90. The Labute approximate surface area is 161 Å². The highest BCUT2D eigenvalue weighted by Gasteiger charge is 2.31. The van der Waals surface area contributed by atoms with Crippen molar-refractivity contribution in [3.8, 4) is 0 Å². The van der Waals surface area contributed by atoms with E-state index in [1.807, 2.05) is 49.1 Å². The van der Waals surface area contributed by atoms with Gasteiger partial charge in [-0.3, -0.25) is 9.48 Å². The average molecular weight is 370 g/mol. The molecule has 6 heteroatoms. The number of fused-ring (bicyclic) bond motifs is 1. The molecule has 1 unspecified atom stereocenters. The Morgan fingerprint density at radius 3 is 2.74 bits per heavy atom. The first-order chi connectivity index (χ1) is 13.0. The van der Waals surface area contributed by atoms with Gasteiger partial charge in [0.15, 0.2) is 5.69 Å². The van der Waals surface area contributed by atoms with E-state index in [4.69, 9.17) is 4.74 Å². The van der Waals surface area contributed by atoms with Crippen LogP contribution >= 0.6 is 0 Å². The molecular weight excluding hydrogens is 340 g/mol. The fraction of sp³-hybridized carbons (Fsp3) is 0.524. The maximum atomic E-state index is 13.1. The molecule has 1 atom stereocenters. The van der Waals surface area contributed by atoms with Gasteiger partial charge in [0.05, 0.1) is 6.61 Å². The molecule has 146 valence electrons. The monoisotopic (exact) mass is 370 g/mol. The maximum Gasteiger partial charge on any atom is 0.274 e. The lowest BCUT2D eigenvalue weighted by molar-refractivity contribution is 0.0776. The number of carbonyl (C=O) groups is 1. The normalized spacial score (nSPS) is 16.4. The number of aryl methyl sites for hydroxylation is 1. The third kappa shape index (κ3) is 4.39. The summed E-state index contributed by atoms with van der Waals surface area (Å²) in [5, 5.41) is 4.59. The molecule has 1 heterocycles. The fourth-order valence-electron chi connectivity index (χ4n) is 3.85. The summed E-state index contributed by atoms with van der Waals surface area (Å²) in [7, 11) is 7.66. The molecule has 3 rings (SSSR count). The zero-order valence-corrected chi connectivity index (χ0v) is 16.8. The van der Waals surface area contributed by atoms with Crippen molar-refractivity contribution in [1.29, 1.82) is 0 Å². The lowest BCUT2D eigenvalue weighted by Crippen LogP contribution is -2.39. The number of rotatable bonds is 7. The minimum atomic E-state index is -0.00380. The Morgan fingerprint density at radius 1 is 1.30 bits per heavy atom. The van der Waals surface area contributed by atoms with E-state index in [1.54, 1.807) is 12.0 Å². The van der Waals surface area contributed by atoms with Crippen molar-refractivity contribution in [1.82, 2.24) is 19.6 Å². The molecule has 27 heavy (non-hydrogen) atoms. The van der Waals surface area contributed by atoms with E-state index in [2.05, 4.69) is 17.0 Å². The van der Waals surface area contributed by atoms with Crippen LogP contribution in [0.3, 0.4) is 0 Å². The Balaban J connectivity index is 1.76. The number of likely N-dealkylation sites (N-methyl/N-ethyl adjacent to an activating group) is 1. The van der Waals surface area contributed by atoms with Crippen molar-refractivity contribution < 1.29 is 9.53 Å². The van der Waals surface area contributed by atoms with Crippen LogP contribution in [0, 0.1) is 0 Å². The molecule has 0 radical (unpaired) electrons. The lowest BCUT2D eigenvalue weighted by Gasteiger charge is -2.31. The Kier molecular flexibility index (Phi) is 6.29. The molecule has 1 aliphatic rings. The van der Waals surface area contributed by atoms with E-state index in [9.17, 15) is 4.79 Å². The van der Waals surface area contributed by atoms with Crippen LogP contribution in [-0.2, 0) is 31.2 Å². The molecule has 1 amide bonds. The smallest absolute Gasteiger partial charge is 0.274 e. The topological polar surface area (TPSA) is 50.6 Å². The minimum absolute atomic E-state index is 0.00380. The number of carbonyl (C=O) groups excluding carboxylic acids is 1. The molecule has 1 aromatic carbocycles. The highest BCUT2D eigenvalue weighted by molar-refractivity contribution is 5.94. The van der Waals surface area contributed by atoms with Gasteiger partial charge < -0.3 is 14.5 Å². The number of methoxy groups -OCH3 is 1. The van der Waals surface area contributed by atoms with E-state index < -0.39 is 0 Å². The maximum absolute atomic E-state index is 13.1. The standard InChI is InChI=1S/C21H30N4O2/c1-23(12-13-27-4)17-10-11-19-18(14-17)20(22-25(19)3)21(26)24(2)15-16-8-6-5-7-9-16/h5-9,17H,10-15H2,1-4H3. The van der Waals surface area contributed by atoms with E-state index in [0.29, 0.717) is 18.3 Å². The molecule has 0 N–H and O–H groups in total. The highest BCUT2D eigenvalue weighted by Crippen LogP contribution is 2.27. The van der Waals surface area contributed by atoms with Gasteiger partial charge in [-0.05, 0) is 31.9 Å². The number of benzene rings is 1. The Bertz CT molecular complexity index is 772. The van der Waals surface area contributed by atoms with Gasteiger partial charge in [-0.25, -0.2) is 0 Å². The van der Waals surface area contributed by atoms with Crippen molar-refractivity contribution in [2.75, 3.05) is 34.4 Å². The van der Waals surface area contributed by atoms with Gasteiger partial charge in [-0.1, -0.05) is 30.3 Å². The van der Waals surface area contributed by atoms with Gasteiger partial charge in [0.2, 0.25) is 0 Å².